The summed E-state index contributed by atoms with van der Waals surface area (Å²) in [6.07, 6.45) is -0.846. The molecule has 0 unspecified atom stereocenters. The minimum Gasteiger partial charge on any atom is -0.485 e. The number of nitrogens with one attached hydrogen (secondary N) is 1. The topological polar surface area (TPSA) is 77.5 Å². The molecule has 132 valence electrons. The molecule has 0 saturated carbocycles. The van der Waals surface area contributed by atoms with Crippen molar-refractivity contribution < 1.29 is 19.1 Å². The number of thioether (sulfide) groups is 1. The lowest BCUT2D eigenvalue weighted by Gasteiger charge is -2.25. The summed E-state index contributed by atoms with van der Waals surface area (Å²) in [6.45, 7) is 0.0706. The number of carbonyl (C=O) groups is 2. The SMILES string of the molecule is O=C(CSc1nc2ccccc2s1)NC(=O)[C@@H]1COc2ccccc2O1. The number of para-hydroxylation sites is 3. The highest BCUT2D eigenvalue weighted by Gasteiger charge is 2.28. The lowest BCUT2D eigenvalue weighted by molar-refractivity contribution is -0.135. The molecular formula is C18H14N2O4S2. The fraction of sp³-hybridized carbons (Fsp3) is 0.167. The molecule has 1 aliphatic rings. The fourth-order valence-electron chi connectivity index (χ4n) is 2.44. The first-order valence-electron chi connectivity index (χ1n) is 7.89. The van der Waals surface area contributed by atoms with Gasteiger partial charge in [-0.05, 0) is 24.3 Å². The fourth-order valence-corrected chi connectivity index (χ4v) is 4.31. The molecule has 0 bridgehead atoms. The van der Waals surface area contributed by atoms with Gasteiger partial charge in [0.1, 0.15) is 6.61 Å². The number of rotatable bonds is 4. The van der Waals surface area contributed by atoms with Crippen molar-refractivity contribution in [2.24, 2.45) is 0 Å². The molecular weight excluding hydrogens is 372 g/mol. The quantitative estimate of drug-likeness (QED) is 0.695. The molecule has 6 nitrogen and oxygen atoms in total. The van der Waals surface area contributed by atoms with Gasteiger partial charge in [-0.25, -0.2) is 4.98 Å². The van der Waals surface area contributed by atoms with Crippen molar-refractivity contribution in [1.29, 1.82) is 0 Å². The van der Waals surface area contributed by atoms with Crippen LogP contribution in [0, 0.1) is 0 Å². The van der Waals surface area contributed by atoms with E-state index in [1.807, 2.05) is 30.3 Å². The van der Waals surface area contributed by atoms with Crippen LogP contribution in [-0.2, 0) is 9.59 Å². The van der Waals surface area contributed by atoms with Crippen LogP contribution in [0.25, 0.3) is 10.2 Å². The van der Waals surface area contributed by atoms with Crippen LogP contribution in [0.3, 0.4) is 0 Å². The molecule has 1 aliphatic heterocycles. The van der Waals surface area contributed by atoms with Crippen molar-refractivity contribution in [2.45, 2.75) is 10.4 Å². The third-order valence-corrected chi connectivity index (χ3v) is 5.84. The Balaban J connectivity index is 1.31. The largest absolute Gasteiger partial charge is 0.485 e. The van der Waals surface area contributed by atoms with Gasteiger partial charge in [-0.3, -0.25) is 14.9 Å². The molecule has 4 rings (SSSR count). The Morgan fingerprint density at radius 2 is 1.92 bits per heavy atom. The maximum atomic E-state index is 12.2. The average Bonchev–Trinajstić information content (AvgIpc) is 3.09. The van der Waals surface area contributed by atoms with Crippen LogP contribution in [0.4, 0.5) is 0 Å². The van der Waals surface area contributed by atoms with E-state index in [0.29, 0.717) is 11.5 Å². The summed E-state index contributed by atoms with van der Waals surface area (Å²) in [5, 5.41) is 2.36. The molecule has 1 N–H and O–H groups in total. The number of nitrogens with zero attached hydrogens (tertiary/aromatic N) is 1. The molecule has 1 aromatic heterocycles. The summed E-state index contributed by atoms with van der Waals surface area (Å²) >= 11 is 2.82. The van der Waals surface area contributed by atoms with E-state index < -0.39 is 12.0 Å². The predicted molar refractivity (Wildman–Crippen MR) is 99.8 cm³/mol. The average molecular weight is 386 g/mol. The third kappa shape index (κ3) is 3.66. The Labute approximate surface area is 157 Å². The number of imide groups is 1. The van der Waals surface area contributed by atoms with Gasteiger partial charge in [0, 0.05) is 0 Å². The van der Waals surface area contributed by atoms with E-state index in [4.69, 9.17) is 9.47 Å². The van der Waals surface area contributed by atoms with Crippen LogP contribution in [0.1, 0.15) is 0 Å². The minimum atomic E-state index is -0.846. The summed E-state index contributed by atoms with van der Waals surface area (Å²) in [5.41, 5.74) is 0.905. The summed E-state index contributed by atoms with van der Waals surface area (Å²) in [6, 6.07) is 14.9. The van der Waals surface area contributed by atoms with Crippen molar-refractivity contribution >= 4 is 45.1 Å². The van der Waals surface area contributed by atoms with E-state index >= 15 is 0 Å². The van der Waals surface area contributed by atoms with Gasteiger partial charge in [-0.15, -0.1) is 11.3 Å². The van der Waals surface area contributed by atoms with Gasteiger partial charge < -0.3 is 9.47 Å². The van der Waals surface area contributed by atoms with Gasteiger partial charge in [0.05, 0.1) is 16.0 Å². The molecule has 3 aromatic rings. The minimum absolute atomic E-state index is 0.0706. The standard InChI is InChI=1S/C18H14N2O4S2/c21-16(10-25-18-19-11-5-1-4-8-15(11)26-18)20-17(22)14-9-23-12-6-2-3-7-13(12)24-14/h1-8,14H,9-10H2,(H,20,21,22)/t14-/m0/s1. The van der Waals surface area contributed by atoms with Gasteiger partial charge >= 0.3 is 0 Å². The van der Waals surface area contributed by atoms with E-state index in [2.05, 4.69) is 10.3 Å². The Kier molecular flexibility index (Phi) is 4.77. The van der Waals surface area contributed by atoms with E-state index in [9.17, 15) is 9.59 Å². The summed E-state index contributed by atoms with van der Waals surface area (Å²) in [7, 11) is 0. The molecule has 0 fully saturated rings. The van der Waals surface area contributed by atoms with Crippen molar-refractivity contribution in [3.05, 3.63) is 48.5 Å². The first-order valence-corrected chi connectivity index (χ1v) is 9.70. The van der Waals surface area contributed by atoms with Crippen LogP contribution in [0.5, 0.6) is 11.5 Å². The van der Waals surface area contributed by atoms with E-state index in [1.54, 1.807) is 18.2 Å². The lowest BCUT2D eigenvalue weighted by Crippen LogP contribution is -2.46. The molecule has 2 heterocycles. The number of hydrogen-bond donors (Lipinski definition) is 1. The van der Waals surface area contributed by atoms with Gasteiger partial charge in [0.25, 0.3) is 5.91 Å². The second-order valence-electron chi connectivity index (χ2n) is 5.51. The second-order valence-corrected chi connectivity index (χ2v) is 7.77. The predicted octanol–water partition coefficient (Wildman–Crippen LogP) is 2.87. The molecule has 0 radical (unpaired) electrons. The Morgan fingerprint density at radius 3 is 2.77 bits per heavy atom. The maximum absolute atomic E-state index is 12.2. The number of amides is 2. The monoisotopic (exact) mass is 386 g/mol. The van der Waals surface area contributed by atoms with E-state index in [-0.39, 0.29) is 18.3 Å². The number of hydrogen-bond acceptors (Lipinski definition) is 7. The zero-order valence-electron chi connectivity index (χ0n) is 13.5. The van der Waals surface area contributed by atoms with Crippen molar-refractivity contribution in [3.8, 4) is 11.5 Å². The van der Waals surface area contributed by atoms with Crippen LogP contribution >= 0.6 is 23.1 Å². The maximum Gasteiger partial charge on any atom is 0.271 e. The summed E-state index contributed by atoms with van der Waals surface area (Å²) in [5.74, 6) is 0.302. The Hall–Kier alpha value is -2.58. The van der Waals surface area contributed by atoms with Crippen LogP contribution in [0.2, 0.25) is 0 Å². The zero-order chi connectivity index (χ0) is 17.9. The first-order chi connectivity index (χ1) is 12.7. The zero-order valence-corrected chi connectivity index (χ0v) is 15.1. The number of carbonyl (C=O) groups excluding carboxylic acids is 2. The number of aromatic nitrogens is 1. The van der Waals surface area contributed by atoms with Gasteiger partial charge in [-0.2, -0.15) is 0 Å². The number of fused-ring (bicyclic) bond motifs is 2. The van der Waals surface area contributed by atoms with Crippen molar-refractivity contribution in [3.63, 3.8) is 0 Å². The lowest BCUT2D eigenvalue weighted by atomic mass is 10.2. The molecule has 0 aliphatic carbocycles. The highest BCUT2D eigenvalue weighted by atomic mass is 32.2. The van der Waals surface area contributed by atoms with E-state index in [0.717, 1.165) is 14.6 Å². The molecule has 2 aromatic carbocycles. The molecule has 0 saturated heterocycles. The number of ether oxygens (including phenoxy) is 2. The van der Waals surface area contributed by atoms with Gasteiger partial charge in [-0.1, -0.05) is 36.0 Å². The molecule has 0 spiro atoms. The third-order valence-electron chi connectivity index (χ3n) is 3.66. The molecule has 8 heteroatoms. The first kappa shape index (κ1) is 16.9. The summed E-state index contributed by atoms with van der Waals surface area (Å²) in [4.78, 5) is 28.7. The highest BCUT2D eigenvalue weighted by molar-refractivity contribution is 8.01. The molecule has 2 amide bonds. The van der Waals surface area contributed by atoms with Gasteiger partial charge in [0.15, 0.2) is 15.8 Å². The Morgan fingerprint density at radius 1 is 1.15 bits per heavy atom. The number of thiazole rings is 1. The highest BCUT2D eigenvalue weighted by Crippen LogP contribution is 2.31. The second kappa shape index (κ2) is 7.35. The van der Waals surface area contributed by atoms with Crippen molar-refractivity contribution in [1.82, 2.24) is 10.3 Å². The number of benzene rings is 2. The van der Waals surface area contributed by atoms with Gasteiger partial charge in [0.2, 0.25) is 12.0 Å². The van der Waals surface area contributed by atoms with Crippen LogP contribution in [-0.4, -0.2) is 35.3 Å². The van der Waals surface area contributed by atoms with Crippen LogP contribution < -0.4 is 14.8 Å². The normalized spacial score (nSPS) is 15.6. The summed E-state index contributed by atoms with van der Waals surface area (Å²) < 4.78 is 12.9. The Bertz CT molecular complexity index is 939. The molecule has 1 atom stereocenters. The van der Waals surface area contributed by atoms with E-state index in [1.165, 1.54) is 23.1 Å². The smallest absolute Gasteiger partial charge is 0.271 e. The van der Waals surface area contributed by atoms with Crippen molar-refractivity contribution in [2.75, 3.05) is 12.4 Å². The van der Waals surface area contributed by atoms with Crippen LogP contribution in [0.15, 0.2) is 52.9 Å². The molecule has 26 heavy (non-hydrogen) atoms.